The molecule has 0 aliphatic carbocycles. The molecule has 11 nitrogen and oxygen atoms in total. The Labute approximate surface area is 289 Å². The number of carbonyl (C=O) groups excluding carboxylic acids is 4. The summed E-state index contributed by atoms with van der Waals surface area (Å²) in [6, 6.07) is 5.76. The van der Waals surface area contributed by atoms with Gasteiger partial charge < -0.3 is 20.4 Å². The number of halogens is 1. The van der Waals surface area contributed by atoms with Crippen molar-refractivity contribution >= 4 is 50.3 Å². The maximum Gasteiger partial charge on any atom is 0.265 e. The lowest BCUT2D eigenvalue weighted by molar-refractivity contribution is -0.168. The number of Topliss-reactive ketones (excluding diaryl/α,β-unsaturated/α-hetero) is 1. The van der Waals surface area contributed by atoms with Crippen LogP contribution in [-0.4, -0.2) is 82.7 Å². The third kappa shape index (κ3) is 14.9. The third-order valence-corrected chi connectivity index (χ3v) is 8.27. The zero-order chi connectivity index (χ0) is 35.4. The van der Waals surface area contributed by atoms with Crippen LogP contribution in [0.25, 0.3) is 10.9 Å². The summed E-state index contributed by atoms with van der Waals surface area (Å²) in [7, 11) is 1.67. The number of carbonyl (C=O) groups is 4. The number of aromatic nitrogens is 1. The van der Waals surface area contributed by atoms with Gasteiger partial charge in [0.1, 0.15) is 25.5 Å². The van der Waals surface area contributed by atoms with E-state index in [9.17, 15) is 24.4 Å². The average Bonchev–Trinajstić information content (AvgIpc) is 3.40. The molecule has 1 atom stereocenters. The first-order valence-corrected chi connectivity index (χ1v) is 17.5. The van der Waals surface area contributed by atoms with Crippen molar-refractivity contribution in [2.24, 2.45) is 0 Å². The number of nitrogens with zero attached hydrogens (tertiary/aromatic N) is 3. The highest BCUT2D eigenvalue weighted by molar-refractivity contribution is 9.10. The molecule has 0 bridgehead atoms. The van der Waals surface area contributed by atoms with Gasteiger partial charge in [-0.1, -0.05) is 75.9 Å². The second-order valence-corrected chi connectivity index (χ2v) is 12.5. The Hall–Kier alpha value is -3.38. The molecule has 1 unspecified atom stereocenters. The van der Waals surface area contributed by atoms with E-state index in [0.717, 1.165) is 35.7 Å². The van der Waals surface area contributed by atoms with Crippen molar-refractivity contribution in [2.75, 3.05) is 33.3 Å². The topological polar surface area (TPSA) is 133 Å². The SMILES string of the molecule is C=C1CNC(=O)CN(O)C(=O)CNC(=O)C2CCCCN12.CCCC.CCCCCC(=O)CC.COn1cc(C)c2cc(Br)ccc21. The van der Waals surface area contributed by atoms with Gasteiger partial charge in [0.25, 0.3) is 5.91 Å². The Bertz CT molecular complexity index is 1290. The molecule has 2 aromatic rings. The predicted octanol–water partition coefficient (Wildman–Crippen LogP) is 5.94. The first-order valence-electron chi connectivity index (χ1n) is 16.7. The number of piperidine rings is 1. The summed E-state index contributed by atoms with van der Waals surface area (Å²) in [6.45, 7) is 14.5. The monoisotopic (exact) mass is 721 g/mol. The molecule has 2 aliphatic heterocycles. The summed E-state index contributed by atoms with van der Waals surface area (Å²) < 4.78 is 2.87. The summed E-state index contributed by atoms with van der Waals surface area (Å²) in [5.41, 5.74) is 2.97. The van der Waals surface area contributed by atoms with Crippen LogP contribution in [-0.2, 0) is 19.2 Å². The molecule has 2 fully saturated rings. The smallest absolute Gasteiger partial charge is 0.265 e. The minimum absolute atomic E-state index is 0.185. The van der Waals surface area contributed by atoms with Crippen LogP contribution in [0.1, 0.15) is 97.5 Å². The van der Waals surface area contributed by atoms with E-state index in [1.165, 1.54) is 36.6 Å². The quantitative estimate of drug-likeness (QED) is 0.238. The van der Waals surface area contributed by atoms with Gasteiger partial charge in [0.05, 0.1) is 18.6 Å². The Morgan fingerprint density at radius 2 is 1.74 bits per heavy atom. The number of hydroxylamine groups is 2. The van der Waals surface area contributed by atoms with Gasteiger partial charge in [0, 0.05) is 41.1 Å². The van der Waals surface area contributed by atoms with Gasteiger partial charge in [-0.15, -0.1) is 0 Å². The second-order valence-electron chi connectivity index (χ2n) is 11.5. The van der Waals surface area contributed by atoms with E-state index in [4.69, 9.17) is 4.84 Å². The highest BCUT2D eigenvalue weighted by atomic mass is 79.9. The minimum Gasteiger partial charge on any atom is -0.417 e. The van der Waals surface area contributed by atoms with Crippen molar-refractivity contribution in [3.05, 3.63) is 46.7 Å². The molecule has 264 valence electrons. The van der Waals surface area contributed by atoms with Crippen LogP contribution in [0.3, 0.4) is 0 Å². The molecule has 2 saturated heterocycles. The lowest BCUT2D eigenvalue weighted by Crippen LogP contribution is -2.53. The van der Waals surface area contributed by atoms with E-state index >= 15 is 0 Å². The average molecular weight is 723 g/mol. The van der Waals surface area contributed by atoms with Crippen molar-refractivity contribution < 1.29 is 29.2 Å². The Morgan fingerprint density at radius 3 is 2.36 bits per heavy atom. The number of aryl methyl sites for hydroxylation is 1. The number of unbranched alkanes of at least 4 members (excludes halogenated alkanes) is 3. The van der Waals surface area contributed by atoms with Crippen molar-refractivity contribution in [1.82, 2.24) is 25.3 Å². The fourth-order valence-corrected chi connectivity index (χ4v) is 5.13. The van der Waals surface area contributed by atoms with Gasteiger partial charge in [-0.3, -0.25) is 24.4 Å². The first kappa shape index (κ1) is 41.6. The number of nitrogens with one attached hydrogen (secondary N) is 2. The number of benzene rings is 1. The Balaban J connectivity index is 0.000000361. The van der Waals surface area contributed by atoms with Gasteiger partial charge in [-0.05, 0) is 56.4 Å². The Kier molecular flexibility index (Phi) is 20.4. The molecule has 3 amide bonds. The molecular weight excluding hydrogens is 666 g/mol. The molecular formula is C35H56BrN5O6. The van der Waals surface area contributed by atoms with Crippen LogP contribution in [0.4, 0.5) is 0 Å². The van der Waals surface area contributed by atoms with Crippen LogP contribution in [0, 0.1) is 6.92 Å². The summed E-state index contributed by atoms with van der Waals surface area (Å²) in [4.78, 5) is 53.2. The van der Waals surface area contributed by atoms with Crippen LogP contribution >= 0.6 is 15.9 Å². The van der Waals surface area contributed by atoms with E-state index < -0.39 is 18.4 Å². The highest BCUT2D eigenvalue weighted by Crippen LogP contribution is 2.24. The van der Waals surface area contributed by atoms with E-state index in [1.807, 2.05) is 30.2 Å². The Morgan fingerprint density at radius 1 is 1.04 bits per heavy atom. The largest absolute Gasteiger partial charge is 0.417 e. The van der Waals surface area contributed by atoms with E-state index in [2.05, 4.69) is 66.9 Å². The first-order chi connectivity index (χ1) is 22.4. The van der Waals surface area contributed by atoms with Crippen molar-refractivity contribution in [3.8, 4) is 0 Å². The van der Waals surface area contributed by atoms with Crippen LogP contribution < -0.4 is 15.5 Å². The van der Waals surface area contributed by atoms with Gasteiger partial charge >= 0.3 is 0 Å². The molecule has 47 heavy (non-hydrogen) atoms. The lowest BCUT2D eigenvalue weighted by Gasteiger charge is -2.38. The number of hydrogen-bond donors (Lipinski definition) is 3. The highest BCUT2D eigenvalue weighted by Gasteiger charge is 2.30. The number of fused-ring (bicyclic) bond motifs is 2. The molecule has 0 spiro atoms. The summed E-state index contributed by atoms with van der Waals surface area (Å²) in [5.74, 6) is -1.05. The zero-order valence-electron chi connectivity index (χ0n) is 29.2. The molecule has 0 saturated carbocycles. The number of hydrogen-bond acceptors (Lipinski definition) is 7. The molecule has 0 radical (unpaired) electrons. The van der Waals surface area contributed by atoms with Gasteiger partial charge in [0.15, 0.2) is 0 Å². The molecule has 3 N–H and O–H groups in total. The normalized spacial score (nSPS) is 16.8. The molecule has 2 aliphatic rings. The van der Waals surface area contributed by atoms with Crippen LogP contribution in [0.5, 0.6) is 0 Å². The molecule has 4 rings (SSSR count). The van der Waals surface area contributed by atoms with E-state index in [0.29, 0.717) is 35.9 Å². The van der Waals surface area contributed by atoms with E-state index in [-0.39, 0.29) is 25.0 Å². The van der Waals surface area contributed by atoms with Gasteiger partial charge in [0.2, 0.25) is 11.8 Å². The maximum atomic E-state index is 12.2. The zero-order valence-corrected chi connectivity index (χ0v) is 30.8. The molecule has 1 aromatic carbocycles. The minimum atomic E-state index is -0.722. The van der Waals surface area contributed by atoms with Crippen molar-refractivity contribution in [2.45, 2.75) is 105 Å². The summed E-state index contributed by atoms with van der Waals surface area (Å²) in [6.07, 6.45) is 12.2. The van der Waals surface area contributed by atoms with Crippen LogP contribution in [0.2, 0.25) is 0 Å². The third-order valence-electron chi connectivity index (χ3n) is 7.78. The van der Waals surface area contributed by atoms with Crippen molar-refractivity contribution in [3.63, 3.8) is 0 Å². The standard InChI is InChI=1S/C13H20N4O4.C10H10BrNO.C8H16O.C4H10/c1-9-6-14-11(18)8-17(21)12(19)7-15-13(20)10-4-2-3-5-16(9)10;1-7-6-12(13-2)10-4-3-8(11)5-9(7)10;1-3-5-6-7-8(9)4-2;1-3-4-2/h10,21H,1-8H2,(H,14,18)(H,15,20);3-6H,1-2H3;3-7H2,1-2H3;3-4H2,1-2H3. The molecule has 3 heterocycles. The predicted molar refractivity (Wildman–Crippen MR) is 190 cm³/mol. The van der Waals surface area contributed by atoms with Gasteiger partial charge in [-0.25, -0.2) is 5.06 Å². The summed E-state index contributed by atoms with van der Waals surface area (Å²) in [5, 5.41) is 16.1. The van der Waals surface area contributed by atoms with Crippen molar-refractivity contribution in [1.29, 1.82) is 0 Å². The molecule has 1 aromatic heterocycles. The fraction of sp³-hybridized carbons (Fsp3) is 0.600. The number of rotatable bonds is 7. The number of ketones is 1. The van der Waals surface area contributed by atoms with Gasteiger partial charge in [-0.2, -0.15) is 4.73 Å². The van der Waals surface area contributed by atoms with Crippen LogP contribution in [0.15, 0.2) is 41.1 Å². The number of amides is 3. The fourth-order valence-electron chi connectivity index (χ4n) is 4.77. The molecule has 12 heteroatoms. The second kappa shape index (κ2) is 23.0. The lowest BCUT2D eigenvalue weighted by atomic mass is 10.0. The summed E-state index contributed by atoms with van der Waals surface area (Å²) >= 11 is 3.45. The maximum absolute atomic E-state index is 12.2. The van der Waals surface area contributed by atoms with E-state index in [1.54, 1.807) is 11.8 Å².